The van der Waals surface area contributed by atoms with Crippen LogP contribution in [-0.4, -0.2) is 28.0 Å². The highest BCUT2D eigenvalue weighted by atomic mass is 16.6. The van der Waals surface area contributed by atoms with E-state index in [-0.39, 0.29) is 11.5 Å². The van der Waals surface area contributed by atoms with Crippen LogP contribution in [0.3, 0.4) is 0 Å². The van der Waals surface area contributed by atoms with Crippen molar-refractivity contribution in [1.82, 2.24) is 9.97 Å². The Balaban J connectivity index is 1.61. The molecule has 0 spiro atoms. The van der Waals surface area contributed by atoms with Crippen LogP contribution in [0.2, 0.25) is 0 Å². The smallest absolute Gasteiger partial charge is 0.329 e. The third kappa shape index (κ3) is 4.69. The molecule has 2 aromatic rings. The lowest BCUT2D eigenvalue weighted by molar-refractivity contribution is -0.384. The normalized spacial score (nSPS) is 19.9. The lowest BCUT2D eigenvalue weighted by Crippen LogP contribution is -2.25. The van der Waals surface area contributed by atoms with Gasteiger partial charge in [-0.1, -0.05) is 0 Å². The van der Waals surface area contributed by atoms with Gasteiger partial charge >= 0.3 is 5.69 Å². The highest BCUT2D eigenvalue weighted by Gasteiger charge is 2.22. The molecule has 0 atom stereocenters. The molecular formula is C17H24N6O3. The summed E-state index contributed by atoms with van der Waals surface area (Å²) >= 11 is 0. The Kier molecular flexibility index (Phi) is 6.00. The maximum atomic E-state index is 11.2. The Morgan fingerprint density at radius 3 is 2.69 bits per heavy atom. The summed E-state index contributed by atoms with van der Waals surface area (Å²) in [5, 5.41) is 17.4. The first-order valence-electron chi connectivity index (χ1n) is 8.87. The summed E-state index contributed by atoms with van der Waals surface area (Å²) in [7, 11) is 0. The highest BCUT2D eigenvalue weighted by molar-refractivity contribution is 5.57. The Morgan fingerprint density at radius 2 is 2.04 bits per heavy atom. The number of aromatic nitrogens is 2. The standard InChI is InChI=1S/C17H24N6O3/c18-8-12-3-5-13(6-4-12)9-19-16-15(23(24)25)11-21-17(22-16)20-10-14-2-1-7-26-14/h1-2,7,11-13H,3-6,8-10,18H2,(H2,19,20,21,22). The molecule has 4 N–H and O–H groups in total. The van der Waals surface area contributed by atoms with Gasteiger partial charge < -0.3 is 20.8 Å². The van der Waals surface area contributed by atoms with Gasteiger partial charge in [-0.3, -0.25) is 10.1 Å². The zero-order chi connectivity index (χ0) is 18.4. The van der Waals surface area contributed by atoms with Gasteiger partial charge in [-0.25, -0.2) is 4.98 Å². The monoisotopic (exact) mass is 360 g/mol. The molecule has 2 aromatic heterocycles. The summed E-state index contributed by atoms with van der Waals surface area (Å²) in [4.78, 5) is 19.1. The van der Waals surface area contributed by atoms with E-state index in [1.54, 1.807) is 12.3 Å². The highest BCUT2D eigenvalue weighted by Crippen LogP contribution is 2.29. The summed E-state index contributed by atoms with van der Waals surface area (Å²) < 4.78 is 5.24. The van der Waals surface area contributed by atoms with E-state index in [1.165, 1.54) is 6.20 Å². The zero-order valence-electron chi connectivity index (χ0n) is 14.6. The molecule has 1 saturated carbocycles. The Morgan fingerprint density at radius 1 is 1.27 bits per heavy atom. The molecular weight excluding hydrogens is 336 g/mol. The molecule has 0 saturated heterocycles. The summed E-state index contributed by atoms with van der Waals surface area (Å²) in [6, 6.07) is 3.62. The van der Waals surface area contributed by atoms with Crippen LogP contribution < -0.4 is 16.4 Å². The van der Waals surface area contributed by atoms with E-state index in [4.69, 9.17) is 10.2 Å². The molecule has 140 valence electrons. The van der Waals surface area contributed by atoms with Gasteiger partial charge in [-0.2, -0.15) is 4.98 Å². The number of nitrogens with two attached hydrogens (primary N) is 1. The molecule has 2 heterocycles. The SMILES string of the molecule is NCC1CCC(CNc2nc(NCc3ccco3)ncc2[N+](=O)[O-])CC1. The van der Waals surface area contributed by atoms with E-state index < -0.39 is 4.92 Å². The number of hydrogen-bond acceptors (Lipinski definition) is 8. The van der Waals surface area contributed by atoms with Crippen molar-refractivity contribution < 1.29 is 9.34 Å². The number of anilines is 2. The molecule has 0 aromatic carbocycles. The predicted molar refractivity (Wildman–Crippen MR) is 97.7 cm³/mol. The summed E-state index contributed by atoms with van der Waals surface area (Å²) in [6.45, 7) is 1.81. The topological polar surface area (TPSA) is 132 Å². The summed E-state index contributed by atoms with van der Waals surface area (Å²) in [6.07, 6.45) is 7.20. The average Bonchev–Trinajstić information content (AvgIpc) is 3.18. The van der Waals surface area contributed by atoms with E-state index >= 15 is 0 Å². The minimum atomic E-state index is -0.468. The van der Waals surface area contributed by atoms with Crippen molar-refractivity contribution in [2.24, 2.45) is 17.6 Å². The second-order valence-electron chi connectivity index (χ2n) is 6.62. The van der Waals surface area contributed by atoms with Crippen molar-refractivity contribution in [2.45, 2.75) is 32.2 Å². The number of nitrogens with one attached hydrogen (secondary N) is 2. The first-order chi connectivity index (χ1) is 12.7. The Labute approximate surface area is 151 Å². The van der Waals surface area contributed by atoms with E-state index in [0.29, 0.717) is 30.9 Å². The molecule has 1 aliphatic rings. The van der Waals surface area contributed by atoms with Crippen LogP contribution in [-0.2, 0) is 6.54 Å². The molecule has 1 aliphatic carbocycles. The average molecular weight is 360 g/mol. The molecule has 3 rings (SSSR count). The van der Waals surface area contributed by atoms with Gasteiger partial charge in [-0.15, -0.1) is 0 Å². The number of nitro groups is 1. The van der Waals surface area contributed by atoms with Crippen molar-refractivity contribution in [3.8, 4) is 0 Å². The van der Waals surface area contributed by atoms with Gasteiger partial charge in [0.25, 0.3) is 0 Å². The number of furan rings is 1. The number of nitrogens with zero attached hydrogens (tertiary/aromatic N) is 3. The largest absolute Gasteiger partial charge is 0.467 e. The van der Waals surface area contributed by atoms with E-state index in [9.17, 15) is 10.1 Å². The fraction of sp³-hybridized carbons (Fsp3) is 0.529. The minimum Gasteiger partial charge on any atom is -0.467 e. The first-order valence-corrected chi connectivity index (χ1v) is 8.87. The predicted octanol–water partition coefficient (Wildman–Crippen LogP) is 2.77. The molecule has 0 amide bonds. The molecule has 9 nitrogen and oxygen atoms in total. The van der Waals surface area contributed by atoms with Gasteiger partial charge in [0, 0.05) is 6.54 Å². The fourth-order valence-electron chi connectivity index (χ4n) is 3.22. The first kappa shape index (κ1) is 18.1. The van der Waals surface area contributed by atoms with Crippen molar-refractivity contribution in [1.29, 1.82) is 0 Å². The molecule has 26 heavy (non-hydrogen) atoms. The van der Waals surface area contributed by atoms with E-state index in [1.807, 2.05) is 6.07 Å². The summed E-state index contributed by atoms with van der Waals surface area (Å²) in [5.41, 5.74) is 5.60. The Hall–Kier alpha value is -2.68. The second kappa shape index (κ2) is 8.61. The van der Waals surface area contributed by atoms with Gasteiger partial charge in [0.05, 0.1) is 17.7 Å². The third-order valence-corrected chi connectivity index (χ3v) is 4.82. The second-order valence-corrected chi connectivity index (χ2v) is 6.62. The van der Waals surface area contributed by atoms with Crippen LogP contribution in [0.15, 0.2) is 29.0 Å². The van der Waals surface area contributed by atoms with Crippen LogP contribution >= 0.6 is 0 Å². The van der Waals surface area contributed by atoms with Crippen LogP contribution in [0.25, 0.3) is 0 Å². The van der Waals surface area contributed by atoms with Crippen molar-refractivity contribution >= 4 is 17.5 Å². The van der Waals surface area contributed by atoms with Crippen LogP contribution in [0.1, 0.15) is 31.4 Å². The van der Waals surface area contributed by atoms with E-state index in [0.717, 1.165) is 38.0 Å². The molecule has 0 bridgehead atoms. The van der Waals surface area contributed by atoms with Crippen LogP contribution in [0.4, 0.5) is 17.5 Å². The zero-order valence-corrected chi connectivity index (χ0v) is 14.6. The maximum absolute atomic E-state index is 11.2. The maximum Gasteiger partial charge on any atom is 0.329 e. The quantitative estimate of drug-likeness (QED) is 0.483. The Bertz CT molecular complexity index is 713. The molecule has 0 aliphatic heterocycles. The molecule has 9 heteroatoms. The molecule has 1 fully saturated rings. The van der Waals surface area contributed by atoms with Crippen LogP contribution in [0, 0.1) is 22.0 Å². The van der Waals surface area contributed by atoms with Gasteiger partial charge in [0.2, 0.25) is 11.8 Å². The lowest BCUT2D eigenvalue weighted by atomic mass is 9.82. The molecule has 0 unspecified atom stereocenters. The summed E-state index contributed by atoms with van der Waals surface area (Å²) in [5.74, 6) is 2.39. The minimum absolute atomic E-state index is 0.121. The van der Waals surface area contributed by atoms with Gasteiger partial charge in [0.15, 0.2) is 0 Å². The fourth-order valence-corrected chi connectivity index (χ4v) is 3.22. The molecule has 0 radical (unpaired) electrons. The van der Waals surface area contributed by atoms with Crippen LogP contribution in [0.5, 0.6) is 0 Å². The number of rotatable bonds is 8. The van der Waals surface area contributed by atoms with E-state index in [2.05, 4.69) is 20.6 Å². The third-order valence-electron chi connectivity index (χ3n) is 4.82. The number of hydrogen-bond donors (Lipinski definition) is 3. The lowest BCUT2D eigenvalue weighted by Gasteiger charge is -2.27. The van der Waals surface area contributed by atoms with Crippen molar-refractivity contribution in [3.63, 3.8) is 0 Å². The van der Waals surface area contributed by atoms with Gasteiger partial charge in [-0.05, 0) is 56.2 Å². The van der Waals surface area contributed by atoms with Gasteiger partial charge in [0.1, 0.15) is 12.0 Å². The van der Waals surface area contributed by atoms with Crippen molar-refractivity contribution in [3.05, 3.63) is 40.5 Å². The van der Waals surface area contributed by atoms with Crippen molar-refractivity contribution in [2.75, 3.05) is 23.7 Å².